The molecule has 0 atom stereocenters. The molecule has 6 heteroatoms. The Morgan fingerprint density at radius 1 is 1.14 bits per heavy atom. The van der Waals surface area contributed by atoms with Gasteiger partial charge in [0.25, 0.3) is 0 Å². The fraction of sp³-hybridized carbons (Fsp3) is 0.200. The number of methoxy groups -OCH3 is 1. The highest BCUT2D eigenvalue weighted by Crippen LogP contribution is 2.40. The van der Waals surface area contributed by atoms with Crippen molar-refractivity contribution in [2.75, 3.05) is 14.2 Å². The van der Waals surface area contributed by atoms with Crippen LogP contribution < -0.4 is 14.8 Å². The molecule has 0 aliphatic rings. The van der Waals surface area contributed by atoms with Crippen molar-refractivity contribution >= 4 is 43.5 Å². The molecule has 0 saturated heterocycles. The van der Waals surface area contributed by atoms with Gasteiger partial charge in [-0.05, 0) is 57.1 Å². The topological polar surface area (TPSA) is 30.5 Å². The Morgan fingerprint density at radius 2 is 1.81 bits per heavy atom. The number of hydrogen-bond donors (Lipinski definition) is 1. The molecule has 0 aliphatic carbocycles. The average molecular weight is 436 g/mol. The third-order valence-electron chi connectivity index (χ3n) is 2.83. The van der Waals surface area contributed by atoms with E-state index in [0.717, 1.165) is 20.3 Å². The minimum Gasteiger partial charge on any atom is -0.496 e. The van der Waals surface area contributed by atoms with E-state index in [2.05, 4.69) is 37.2 Å². The summed E-state index contributed by atoms with van der Waals surface area (Å²) in [6.07, 6.45) is 0. The number of hydrogen-bond acceptors (Lipinski definition) is 3. The Bertz CT molecular complexity index is 650. The quantitative estimate of drug-likeness (QED) is 0.684. The molecule has 1 N–H and O–H groups in total. The summed E-state index contributed by atoms with van der Waals surface area (Å²) < 4.78 is 12.8. The van der Waals surface area contributed by atoms with Crippen molar-refractivity contribution in [1.29, 1.82) is 0 Å². The van der Waals surface area contributed by atoms with E-state index in [1.807, 2.05) is 37.4 Å². The van der Waals surface area contributed by atoms with E-state index >= 15 is 0 Å². The molecular weight excluding hydrogens is 421 g/mol. The molecule has 0 aromatic heterocycles. The zero-order valence-corrected chi connectivity index (χ0v) is 15.5. The summed E-state index contributed by atoms with van der Waals surface area (Å²) in [5, 5.41) is 3.67. The SMILES string of the molecule is CNCc1cccc(Cl)c1Oc1cc(Br)c(OC)cc1Br. The van der Waals surface area contributed by atoms with Crippen molar-refractivity contribution < 1.29 is 9.47 Å². The maximum atomic E-state index is 6.26. The molecule has 2 rings (SSSR count). The van der Waals surface area contributed by atoms with Gasteiger partial charge in [0.1, 0.15) is 11.5 Å². The fourth-order valence-electron chi connectivity index (χ4n) is 1.85. The summed E-state index contributed by atoms with van der Waals surface area (Å²) in [5.74, 6) is 2.03. The summed E-state index contributed by atoms with van der Waals surface area (Å²) >= 11 is 13.2. The lowest BCUT2D eigenvalue weighted by Crippen LogP contribution is -2.06. The van der Waals surface area contributed by atoms with Crippen LogP contribution >= 0.6 is 43.5 Å². The van der Waals surface area contributed by atoms with Crippen LogP contribution in [-0.4, -0.2) is 14.2 Å². The summed E-state index contributed by atoms with van der Waals surface area (Å²) in [7, 11) is 3.50. The second kappa shape index (κ2) is 7.49. The molecule has 0 radical (unpaired) electrons. The van der Waals surface area contributed by atoms with Gasteiger partial charge < -0.3 is 14.8 Å². The lowest BCUT2D eigenvalue weighted by molar-refractivity contribution is 0.409. The van der Waals surface area contributed by atoms with Gasteiger partial charge >= 0.3 is 0 Å². The molecule has 21 heavy (non-hydrogen) atoms. The zero-order valence-electron chi connectivity index (χ0n) is 11.5. The van der Waals surface area contributed by atoms with E-state index in [1.54, 1.807) is 7.11 Å². The monoisotopic (exact) mass is 433 g/mol. The minimum absolute atomic E-state index is 0.571. The van der Waals surface area contributed by atoms with Crippen LogP contribution in [0.3, 0.4) is 0 Å². The number of para-hydroxylation sites is 1. The molecule has 2 aromatic carbocycles. The van der Waals surface area contributed by atoms with Crippen LogP contribution in [0.15, 0.2) is 39.3 Å². The van der Waals surface area contributed by atoms with Crippen LogP contribution in [-0.2, 0) is 6.54 Å². The average Bonchev–Trinajstić information content (AvgIpc) is 2.46. The lowest BCUT2D eigenvalue weighted by atomic mass is 10.2. The van der Waals surface area contributed by atoms with Crippen molar-refractivity contribution in [2.45, 2.75) is 6.54 Å². The number of halogens is 3. The summed E-state index contributed by atoms with van der Waals surface area (Å²) in [5.41, 5.74) is 0.990. The zero-order chi connectivity index (χ0) is 15.4. The lowest BCUT2D eigenvalue weighted by Gasteiger charge is -2.15. The van der Waals surface area contributed by atoms with Crippen LogP contribution in [0, 0.1) is 0 Å². The minimum atomic E-state index is 0.571. The van der Waals surface area contributed by atoms with Crippen molar-refractivity contribution in [3.8, 4) is 17.2 Å². The van der Waals surface area contributed by atoms with Gasteiger partial charge in [0.2, 0.25) is 0 Å². The van der Waals surface area contributed by atoms with Gasteiger partial charge in [-0.25, -0.2) is 0 Å². The first-order chi connectivity index (χ1) is 10.1. The van der Waals surface area contributed by atoms with Gasteiger partial charge in [-0.2, -0.15) is 0 Å². The first kappa shape index (κ1) is 16.6. The van der Waals surface area contributed by atoms with Gasteiger partial charge in [-0.3, -0.25) is 0 Å². The van der Waals surface area contributed by atoms with Crippen molar-refractivity contribution in [3.63, 3.8) is 0 Å². The highest BCUT2D eigenvalue weighted by Gasteiger charge is 2.13. The molecule has 0 aliphatic heterocycles. The van der Waals surface area contributed by atoms with E-state index in [1.165, 1.54) is 0 Å². The summed E-state index contributed by atoms with van der Waals surface area (Å²) in [6.45, 7) is 0.671. The summed E-state index contributed by atoms with van der Waals surface area (Å²) in [6, 6.07) is 9.37. The van der Waals surface area contributed by atoms with Gasteiger partial charge in [0, 0.05) is 12.1 Å². The Hall–Kier alpha value is -0.750. The molecule has 0 amide bonds. The van der Waals surface area contributed by atoms with Crippen LogP contribution in [0.1, 0.15) is 5.56 Å². The van der Waals surface area contributed by atoms with Gasteiger partial charge in [-0.1, -0.05) is 23.7 Å². The highest BCUT2D eigenvalue weighted by atomic mass is 79.9. The van der Waals surface area contributed by atoms with Crippen LogP contribution in [0.5, 0.6) is 17.2 Å². The second-order valence-corrected chi connectivity index (χ2v) is 6.39. The molecule has 0 heterocycles. The molecule has 0 saturated carbocycles. The van der Waals surface area contributed by atoms with Gasteiger partial charge in [0.15, 0.2) is 5.75 Å². The van der Waals surface area contributed by atoms with Crippen LogP contribution in [0.25, 0.3) is 0 Å². The predicted molar refractivity (Wildman–Crippen MR) is 92.7 cm³/mol. The molecule has 0 unspecified atom stereocenters. The molecule has 3 nitrogen and oxygen atoms in total. The van der Waals surface area contributed by atoms with Crippen molar-refractivity contribution in [2.24, 2.45) is 0 Å². The van der Waals surface area contributed by atoms with E-state index in [9.17, 15) is 0 Å². The number of ether oxygens (including phenoxy) is 2. The Kier molecular flexibility index (Phi) is 5.93. The van der Waals surface area contributed by atoms with E-state index in [-0.39, 0.29) is 0 Å². The van der Waals surface area contributed by atoms with E-state index in [0.29, 0.717) is 23.1 Å². The van der Waals surface area contributed by atoms with Crippen LogP contribution in [0.4, 0.5) is 0 Å². The van der Waals surface area contributed by atoms with Crippen molar-refractivity contribution in [1.82, 2.24) is 5.32 Å². The molecule has 0 spiro atoms. The molecule has 0 fully saturated rings. The van der Waals surface area contributed by atoms with Gasteiger partial charge in [0.05, 0.1) is 21.1 Å². The predicted octanol–water partition coefficient (Wildman–Crippen LogP) is 5.39. The Balaban J connectivity index is 2.41. The van der Waals surface area contributed by atoms with Gasteiger partial charge in [-0.15, -0.1) is 0 Å². The first-order valence-corrected chi connectivity index (χ1v) is 8.16. The second-order valence-electron chi connectivity index (χ2n) is 4.28. The maximum absolute atomic E-state index is 6.26. The van der Waals surface area contributed by atoms with Crippen molar-refractivity contribution in [3.05, 3.63) is 49.9 Å². The standard InChI is InChI=1S/C15H14Br2ClNO2/c1-19-8-9-4-3-5-12(18)15(9)21-14-7-10(16)13(20-2)6-11(14)17/h3-7,19H,8H2,1-2H3. The summed E-state index contributed by atoms with van der Waals surface area (Å²) in [4.78, 5) is 0. The molecule has 0 bridgehead atoms. The Labute approximate surface area is 145 Å². The third-order valence-corrected chi connectivity index (χ3v) is 4.37. The first-order valence-electron chi connectivity index (χ1n) is 6.19. The fourth-order valence-corrected chi connectivity index (χ4v) is 2.97. The van der Waals surface area contributed by atoms with E-state index < -0.39 is 0 Å². The van der Waals surface area contributed by atoms with E-state index in [4.69, 9.17) is 21.1 Å². The number of rotatable bonds is 5. The third kappa shape index (κ3) is 3.92. The number of nitrogens with one attached hydrogen (secondary N) is 1. The van der Waals surface area contributed by atoms with Crippen LogP contribution in [0.2, 0.25) is 5.02 Å². The largest absolute Gasteiger partial charge is 0.496 e. The smallest absolute Gasteiger partial charge is 0.150 e. The molecular formula is C15H14Br2ClNO2. The molecule has 112 valence electrons. The number of benzene rings is 2. The maximum Gasteiger partial charge on any atom is 0.150 e. The normalized spacial score (nSPS) is 10.5. The molecule has 2 aromatic rings. The highest BCUT2D eigenvalue weighted by molar-refractivity contribution is 9.11. The Morgan fingerprint density at radius 3 is 2.48 bits per heavy atom.